The molecule has 0 aromatic heterocycles. The van der Waals surface area contributed by atoms with Gasteiger partial charge < -0.3 is 29.9 Å². The molecule has 2 saturated heterocycles. The molecule has 0 saturated carbocycles. The summed E-state index contributed by atoms with van der Waals surface area (Å²) in [7, 11) is 1.59. The number of nitrogens with one attached hydrogen (secondary N) is 1. The van der Waals surface area contributed by atoms with Crippen LogP contribution in [0.4, 0.5) is 4.79 Å². The second-order valence-electron chi connectivity index (χ2n) is 12.6. The molecule has 4 rings (SSSR count). The SMILES string of the molecule is COc1ccc(C[C@@](NC(=O)O)(C(=O)N2CC3CC(CN(CC(O)COc4ccc(C#N)cc4)C3)C2)C(C)(C)C)cc1. The molecule has 3 unspecified atom stereocenters. The lowest BCUT2D eigenvalue weighted by Crippen LogP contribution is -2.69. The lowest BCUT2D eigenvalue weighted by Gasteiger charge is -2.51. The lowest BCUT2D eigenvalue weighted by molar-refractivity contribution is -0.148. The molecule has 0 spiro atoms. The summed E-state index contributed by atoms with van der Waals surface area (Å²) in [6.45, 7) is 8.85. The van der Waals surface area contributed by atoms with Crippen LogP contribution in [-0.4, -0.2) is 90.1 Å². The normalized spacial score (nSPS) is 21.0. The van der Waals surface area contributed by atoms with Crippen molar-refractivity contribution >= 4 is 12.0 Å². The van der Waals surface area contributed by atoms with Crippen molar-refractivity contribution in [1.82, 2.24) is 15.1 Å². The van der Waals surface area contributed by atoms with Crippen molar-refractivity contribution < 1.29 is 29.3 Å². The highest BCUT2D eigenvalue weighted by atomic mass is 16.5. The molecule has 2 amide bonds. The van der Waals surface area contributed by atoms with E-state index in [1.165, 1.54) is 0 Å². The number of carbonyl (C=O) groups is 2. The molecule has 10 nitrogen and oxygen atoms in total. The molecule has 2 aromatic carbocycles. The molecule has 4 atom stereocenters. The summed E-state index contributed by atoms with van der Waals surface area (Å²) in [5.74, 6) is 1.53. The fourth-order valence-corrected chi connectivity index (χ4v) is 6.32. The summed E-state index contributed by atoms with van der Waals surface area (Å²) in [5.41, 5.74) is -0.680. The van der Waals surface area contributed by atoms with Crippen molar-refractivity contribution in [2.45, 2.75) is 45.3 Å². The number of amides is 2. The topological polar surface area (TPSA) is 135 Å². The number of methoxy groups -OCH3 is 1. The molecule has 10 heteroatoms. The number of ether oxygens (including phenoxy) is 2. The van der Waals surface area contributed by atoms with Crippen LogP contribution in [0, 0.1) is 28.6 Å². The van der Waals surface area contributed by atoms with Crippen molar-refractivity contribution in [1.29, 1.82) is 5.26 Å². The minimum atomic E-state index is -1.36. The van der Waals surface area contributed by atoms with E-state index in [2.05, 4.69) is 16.3 Å². The number of nitrogens with zero attached hydrogens (tertiary/aromatic N) is 3. The number of piperidine rings is 2. The van der Waals surface area contributed by atoms with E-state index in [1.807, 2.05) is 49.9 Å². The van der Waals surface area contributed by atoms with Crippen molar-refractivity contribution in [3.8, 4) is 17.6 Å². The molecule has 2 aromatic rings. The number of β-amino-alcohol motifs (C(OH)–C–C–N with tert-alkyl or cyclic N) is 1. The van der Waals surface area contributed by atoms with E-state index in [4.69, 9.17) is 14.7 Å². The Morgan fingerprint density at radius 3 is 2.14 bits per heavy atom. The largest absolute Gasteiger partial charge is 0.497 e. The molecule has 0 radical (unpaired) electrons. The van der Waals surface area contributed by atoms with Gasteiger partial charge in [-0.05, 0) is 65.6 Å². The molecule has 2 bridgehead atoms. The molecule has 2 aliphatic rings. The second kappa shape index (κ2) is 13.0. The van der Waals surface area contributed by atoms with E-state index < -0.39 is 23.2 Å². The number of hydrogen-bond donors (Lipinski definition) is 3. The zero-order valence-corrected chi connectivity index (χ0v) is 24.9. The molecule has 2 fully saturated rings. The van der Waals surface area contributed by atoms with Crippen LogP contribution in [0.15, 0.2) is 48.5 Å². The van der Waals surface area contributed by atoms with E-state index in [0.717, 1.165) is 25.1 Å². The first kappa shape index (κ1) is 31.1. The van der Waals surface area contributed by atoms with Crippen LogP contribution in [0.5, 0.6) is 11.5 Å². The Hall–Kier alpha value is -3.81. The van der Waals surface area contributed by atoms with Gasteiger partial charge in [-0.1, -0.05) is 32.9 Å². The molecule has 2 heterocycles. The predicted molar refractivity (Wildman–Crippen MR) is 157 cm³/mol. The number of likely N-dealkylation sites (tertiary alicyclic amines) is 2. The number of carbonyl (C=O) groups excluding carboxylic acids is 1. The Morgan fingerprint density at radius 2 is 1.62 bits per heavy atom. The number of aliphatic hydroxyl groups is 1. The maximum atomic E-state index is 14.4. The number of aliphatic hydroxyl groups excluding tert-OH is 1. The van der Waals surface area contributed by atoms with Crippen LogP contribution in [0.2, 0.25) is 0 Å². The summed E-state index contributed by atoms with van der Waals surface area (Å²) in [6, 6.07) is 16.2. The van der Waals surface area contributed by atoms with Gasteiger partial charge in [0.15, 0.2) is 0 Å². The Kier molecular flexibility index (Phi) is 9.64. The lowest BCUT2D eigenvalue weighted by atomic mass is 9.68. The smallest absolute Gasteiger partial charge is 0.405 e. The first-order valence-electron chi connectivity index (χ1n) is 14.4. The molecule has 0 aliphatic carbocycles. The quantitative estimate of drug-likeness (QED) is 0.391. The molecule has 42 heavy (non-hydrogen) atoms. The standard InChI is InChI=1S/C32H42N4O6/c1-31(2,3)32(34-30(39)40,14-22-5-9-27(41-4)10-6-22)29(38)36-18-24-13-25(19-36)17-35(16-24)20-26(37)21-42-28-11-7-23(15-33)8-12-28/h5-12,24-26,34,37H,13-14,16-21H2,1-4H3,(H,39,40)/t24?,25?,26?,32-/m1/s1. The van der Waals surface area contributed by atoms with Gasteiger partial charge in [0.05, 0.1) is 18.7 Å². The van der Waals surface area contributed by atoms with Gasteiger partial charge in [0.25, 0.3) is 0 Å². The Morgan fingerprint density at radius 1 is 1.02 bits per heavy atom. The van der Waals surface area contributed by atoms with E-state index in [-0.39, 0.29) is 30.8 Å². The van der Waals surface area contributed by atoms with Gasteiger partial charge in [-0.2, -0.15) is 5.26 Å². The molecule has 3 N–H and O–H groups in total. The summed E-state index contributed by atoms with van der Waals surface area (Å²) >= 11 is 0. The maximum Gasteiger partial charge on any atom is 0.405 e. The van der Waals surface area contributed by atoms with Crippen LogP contribution in [0.1, 0.15) is 38.3 Å². The van der Waals surface area contributed by atoms with Crippen molar-refractivity contribution in [2.75, 3.05) is 46.4 Å². The summed E-state index contributed by atoms with van der Waals surface area (Å²) < 4.78 is 11.0. The summed E-state index contributed by atoms with van der Waals surface area (Å²) in [5, 5.41) is 32.2. The average Bonchev–Trinajstić information content (AvgIpc) is 2.94. The third kappa shape index (κ3) is 7.33. The van der Waals surface area contributed by atoms with Gasteiger partial charge in [-0.25, -0.2) is 4.79 Å². The second-order valence-corrected chi connectivity index (χ2v) is 12.6. The minimum absolute atomic E-state index is 0.142. The van der Waals surface area contributed by atoms with Crippen molar-refractivity contribution in [3.05, 3.63) is 59.7 Å². The van der Waals surface area contributed by atoms with E-state index >= 15 is 0 Å². The van der Waals surface area contributed by atoms with Gasteiger partial charge >= 0.3 is 6.09 Å². The highest BCUT2D eigenvalue weighted by Crippen LogP contribution is 2.38. The fraction of sp³-hybridized carbons (Fsp3) is 0.531. The van der Waals surface area contributed by atoms with Gasteiger partial charge in [-0.15, -0.1) is 0 Å². The summed E-state index contributed by atoms with van der Waals surface area (Å²) in [6.07, 6.45) is -0.706. The Labute approximate surface area is 247 Å². The minimum Gasteiger partial charge on any atom is -0.497 e. The maximum absolute atomic E-state index is 14.4. The number of rotatable bonds is 10. The van der Waals surface area contributed by atoms with Crippen LogP contribution in [0.3, 0.4) is 0 Å². The van der Waals surface area contributed by atoms with E-state index in [9.17, 15) is 19.8 Å². The van der Waals surface area contributed by atoms with Gasteiger partial charge in [0, 0.05) is 39.1 Å². The molecule has 226 valence electrons. The average molecular weight is 579 g/mol. The Balaban J connectivity index is 1.42. The molecular formula is C32H42N4O6. The number of nitriles is 1. The highest BCUT2D eigenvalue weighted by Gasteiger charge is 2.53. The number of carboxylic acid groups (broad SMARTS) is 1. The fourth-order valence-electron chi connectivity index (χ4n) is 6.32. The van der Waals surface area contributed by atoms with Gasteiger partial charge in [0.2, 0.25) is 5.91 Å². The third-order valence-electron chi connectivity index (χ3n) is 8.43. The molecular weight excluding hydrogens is 536 g/mol. The Bertz CT molecular complexity index is 1260. The summed E-state index contributed by atoms with van der Waals surface area (Å²) in [4.78, 5) is 30.6. The highest BCUT2D eigenvalue weighted by molar-refractivity contribution is 5.91. The van der Waals surface area contributed by atoms with Crippen molar-refractivity contribution in [2.24, 2.45) is 17.3 Å². The van der Waals surface area contributed by atoms with Gasteiger partial charge in [0.1, 0.15) is 29.7 Å². The number of fused-ring (bicyclic) bond motifs is 2. The van der Waals surface area contributed by atoms with Crippen LogP contribution < -0.4 is 14.8 Å². The van der Waals surface area contributed by atoms with Crippen LogP contribution in [-0.2, 0) is 11.2 Å². The van der Waals surface area contributed by atoms with Crippen LogP contribution in [0.25, 0.3) is 0 Å². The monoisotopic (exact) mass is 578 g/mol. The third-order valence-corrected chi connectivity index (χ3v) is 8.43. The van der Waals surface area contributed by atoms with E-state index in [1.54, 1.807) is 31.4 Å². The number of hydrogen-bond acceptors (Lipinski definition) is 7. The van der Waals surface area contributed by atoms with Crippen LogP contribution >= 0.6 is 0 Å². The van der Waals surface area contributed by atoms with Crippen molar-refractivity contribution in [3.63, 3.8) is 0 Å². The zero-order chi connectivity index (χ0) is 30.5. The predicted octanol–water partition coefficient (Wildman–Crippen LogP) is 3.38. The number of benzene rings is 2. The zero-order valence-electron chi connectivity index (χ0n) is 24.9. The van der Waals surface area contributed by atoms with Gasteiger partial charge in [-0.3, -0.25) is 9.69 Å². The van der Waals surface area contributed by atoms with E-state index in [0.29, 0.717) is 36.7 Å². The first-order chi connectivity index (χ1) is 19.9. The first-order valence-corrected chi connectivity index (χ1v) is 14.4. The molecule has 2 aliphatic heterocycles.